The lowest BCUT2D eigenvalue weighted by Crippen LogP contribution is -2.17. The fraction of sp³-hybridized carbons (Fsp3) is 0.261. The van der Waals surface area contributed by atoms with Crippen LogP contribution >= 0.6 is 0 Å². The van der Waals surface area contributed by atoms with Crippen LogP contribution in [0.4, 0.5) is 14.5 Å². The molecule has 0 saturated carbocycles. The third kappa shape index (κ3) is 3.93. The maximum absolute atomic E-state index is 13.4. The summed E-state index contributed by atoms with van der Waals surface area (Å²) in [5.41, 5.74) is 3.36. The Balaban J connectivity index is 1.37. The van der Waals surface area contributed by atoms with Crippen LogP contribution in [0.1, 0.15) is 18.4 Å². The van der Waals surface area contributed by atoms with Crippen molar-refractivity contribution in [2.45, 2.75) is 19.3 Å². The molecule has 0 N–H and O–H groups in total. The summed E-state index contributed by atoms with van der Waals surface area (Å²) in [6.45, 7) is 2.46. The number of hydrogen-bond acceptors (Lipinski definition) is 5. The van der Waals surface area contributed by atoms with Crippen molar-refractivity contribution < 1.29 is 13.5 Å². The highest BCUT2D eigenvalue weighted by Gasteiger charge is 2.15. The molecule has 8 heteroatoms. The maximum atomic E-state index is 13.4. The molecule has 6 nitrogen and oxygen atoms in total. The smallest absolute Gasteiger partial charge is 0.220 e. The van der Waals surface area contributed by atoms with Crippen LogP contribution in [-0.2, 0) is 6.42 Å². The predicted molar refractivity (Wildman–Crippen MR) is 113 cm³/mol. The molecule has 1 fully saturated rings. The molecule has 0 amide bonds. The average Bonchev–Trinajstić information content (AvgIpc) is 3.47. The standard InChI is InChI=1S/C23H21F2N5O/c24-19-8-3-16(13-20(19)25)9-12-31-22-15-26-14-21-27-28-23(30(21)22)17-4-6-18(7-5-17)29-10-1-2-11-29/h3-8,13-15H,1-2,9-12H2. The lowest BCUT2D eigenvalue weighted by atomic mass is 10.1. The third-order valence-corrected chi connectivity index (χ3v) is 5.50. The second-order valence-electron chi connectivity index (χ2n) is 7.55. The summed E-state index contributed by atoms with van der Waals surface area (Å²) in [6.07, 6.45) is 6.11. The van der Waals surface area contributed by atoms with E-state index in [2.05, 4.69) is 32.2 Å². The zero-order valence-corrected chi connectivity index (χ0v) is 16.8. The van der Waals surface area contributed by atoms with Crippen molar-refractivity contribution in [2.24, 2.45) is 0 Å². The quantitative estimate of drug-likeness (QED) is 0.465. The Morgan fingerprint density at radius 1 is 0.903 bits per heavy atom. The molecule has 0 unspecified atom stereocenters. The summed E-state index contributed by atoms with van der Waals surface area (Å²) in [7, 11) is 0. The third-order valence-electron chi connectivity index (χ3n) is 5.50. The highest BCUT2D eigenvalue weighted by atomic mass is 19.2. The van der Waals surface area contributed by atoms with Crippen molar-refractivity contribution in [3.8, 4) is 17.3 Å². The molecule has 2 aromatic heterocycles. The van der Waals surface area contributed by atoms with Gasteiger partial charge in [0.15, 0.2) is 23.1 Å². The Morgan fingerprint density at radius 2 is 1.71 bits per heavy atom. The number of nitrogens with zero attached hydrogens (tertiary/aromatic N) is 5. The van der Waals surface area contributed by atoms with Gasteiger partial charge in [0.2, 0.25) is 5.88 Å². The Hall–Kier alpha value is -3.55. The lowest BCUT2D eigenvalue weighted by molar-refractivity contribution is 0.304. The van der Waals surface area contributed by atoms with Crippen molar-refractivity contribution in [3.63, 3.8) is 0 Å². The van der Waals surface area contributed by atoms with Gasteiger partial charge in [-0.15, -0.1) is 10.2 Å². The van der Waals surface area contributed by atoms with Crippen LogP contribution in [0.2, 0.25) is 0 Å². The zero-order valence-electron chi connectivity index (χ0n) is 16.8. The second kappa shape index (κ2) is 8.29. The number of rotatable bonds is 6. The molecule has 4 aromatic rings. The molecule has 31 heavy (non-hydrogen) atoms. The lowest BCUT2D eigenvalue weighted by Gasteiger charge is -2.17. The summed E-state index contributed by atoms with van der Waals surface area (Å²) in [6, 6.07) is 12.1. The predicted octanol–water partition coefficient (Wildman–Crippen LogP) is 4.29. The van der Waals surface area contributed by atoms with E-state index in [1.165, 1.54) is 24.6 Å². The van der Waals surface area contributed by atoms with E-state index in [1.807, 2.05) is 16.5 Å². The minimum Gasteiger partial charge on any atom is -0.477 e. The number of fused-ring (bicyclic) bond motifs is 1. The van der Waals surface area contributed by atoms with E-state index >= 15 is 0 Å². The summed E-state index contributed by atoms with van der Waals surface area (Å²) in [4.78, 5) is 6.55. The van der Waals surface area contributed by atoms with Crippen molar-refractivity contribution in [3.05, 3.63) is 72.1 Å². The number of aromatic nitrogens is 4. The van der Waals surface area contributed by atoms with Gasteiger partial charge in [0, 0.05) is 30.8 Å². The van der Waals surface area contributed by atoms with E-state index in [0.717, 1.165) is 24.7 Å². The molecule has 0 aliphatic carbocycles. The Bertz CT molecular complexity index is 1200. The number of hydrogen-bond donors (Lipinski definition) is 0. The van der Waals surface area contributed by atoms with E-state index < -0.39 is 11.6 Å². The normalized spacial score (nSPS) is 13.8. The van der Waals surface area contributed by atoms with Gasteiger partial charge in [-0.3, -0.25) is 4.98 Å². The monoisotopic (exact) mass is 421 g/mol. The molecule has 0 spiro atoms. The first-order valence-corrected chi connectivity index (χ1v) is 10.3. The first-order valence-electron chi connectivity index (χ1n) is 10.3. The van der Waals surface area contributed by atoms with Gasteiger partial charge in [-0.05, 0) is 54.8 Å². The van der Waals surface area contributed by atoms with Crippen LogP contribution < -0.4 is 9.64 Å². The first-order chi connectivity index (χ1) is 15.2. The molecule has 0 atom stereocenters. The summed E-state index contributed by atoms with van der Waals surface area (Å²) in [5, 5.41) is 8.54. The molecular weight excluding hydrogens is 400 g/mol. The van der Waals surface area contributed by atoms with Gasteiger partial charge in [0.25, 0.3) is 0 Å². The van der Waals surface area contributed by atoms with Crippen molar-refractivity contribution in [1.29, 1.82) is 0 Å². The highest BCUT2D eigenvalue weighted by molar-refractivity contribution is 5.64. The number of anilines is 1. The number of benzene rings is 2. The van der Waals surface area contributed by atoms with Gasteiger partial charge in [0.05, 0.1) is 19.0 Å². The van der Waals surface area contributed by atoms with Crippen LogP contribution in [0.5, 0.6) is 5.88 Å². The number of ether oxygens (including phenoxy) is 1. The van der Waals surface area contributed by atoms with Gasteiger partial charge in [-0.25, -0.2) is 13.2 Å². The Kier molecular flexibility index (Phi) is 5.19. The second-order valence-corrected chi connectivity index (χ2v) is 7.55. The van der Waals surface area contributed by atoms with Gasteiger partial charge >= 0.3 is 0 Å². The molecule has 5 rings (SSSR count). The van der Waals surface area contributed by atoms with Crippen molar-refractivity contribution >= 4 is 11.3 Å². The minimum absolute atomic E-state index is 0.275. The Labute approximate surface area is 178 Å². The topological polar surface area (TPSA) is 55.6 Å². The van der Waals surface area contributed by atoms with E-state index in [4.69, 9.17) is 4.74 Å². The molecule has 3 heterocycles. The van der Waals surface area contributed by atoms with Crippen molar-refractivity contribution in [1.82, 2.24) is 19.6 Å². The summed E-state index contributed by atoms with van der Waals surface area (Å²) in [5.74, 6) is -0.569. The molecule has 0 radical (unpaired) electrons. The zero-order chi connectivity index (χ0) is 21.2. The van der Waals surface area contributed by atoms with Crippen LogP contribution in [0.25, 0.3) is 17.0 Å². The van der Waals surface area contributed by atoms with E-state index in [9.17, 15) is 8.78 Å². The molecule has 1 saturated heterocycles. The fourth-order valence-electron chi connectivity index (χ4n) is 3.88. The van der Waals surface area contributed by atoms with Crippen LogP contribution in [0, 0.1) is 11.6 Å². The van der Waals surface area contributed by atoms with E-state index in [1.54, 1.807) is 18.5 Å². The van der Waals surface area contributed by atoms with E-state index in [0.29, 0.717) is 29.3 Å². The average molecular weight is 421 g/mol. The van der Waals surface area contributed by atoms with Gasteiger partial charge in [-0.2, -0.15) is 0 Å². The molecule has 1 aliphatic heterocycles. The minimum atomic E-state index is -0.861. The summed E-state index contributed by atoms with van der Waals surface area (Å²) >= 11 is 0. The molecule has 158 valence electrons. The molecular formula is C23H21F2N5O. The van der Waals surface area contributed by atoms with Crippen molar-refractivity contribution in [2.75, 3.05) is 24.6 Å². The summed E-state index contributed by atoms with van der Waals surface area (Å²) < 4.78 is 34.2. The Morgan fingerprint density at radius 3 is 2.48 bits per heavy atom. The fourth-order valence-corrected chi connectivity index (χ4v) is 3.88. The van der Waals surface area contributed by atoms with Gasteiger partial charge in [-0.1, -0.05) is 6.07 Å². The van der Waals surface area contributed by atoms with Crippen LogP contribution in [-0.4, -0.2) is 39.3 Å². The van der Waals surface area contributed by atoms with Crippen LogP contribution in [0.3, 0.4) is 0 Å². The molecule has 1 aliphatic rings. The van der Waals surface area contributed by atoms with Crippen LogP contribution in [0.15, 0.2) is 54.9 Å². The number of halogens is 2. The molecule has 0 bridgehead atoms. The first kappa shape index (κ1) is 19.4. The largest absolute Gasteiger partial charge is 0.477 e. The van der Waals surface area contributed by atoms with Gasteiger partial charge in [0.1, 0.15) is 0 Å². The van der Waals surface area contributed by atoms with E-state index in [-0.39, 0.29) is 6.61 Å². The molecule has 2 aromatic carbocycles. The SMILES string of the molecule is Fc1ccc(CCOc2cncc3nnc(-c4ccc(N5CCCC5)cc4)n23)cc1F. The highest BCUT2D eigenvalue weighted by Crippen LogP contribution is 2.27. The van der Waals surface area contributed by atoms with Gasteiger partial charge < -0.3 is 9.64 Å². The maximum Gasteiger partial charge on any atom is 0.220 e.